The molecule has 3 aliphatic rings. The van der Waals surface area contributed by atoms with E-state index in [-0.39, 0.29) is 5.44 Å². The molecule has 5 rings (SSSR count). The fraction of sp³-hybridized carbons (Fsp3) is 0.300. The van der Waals surface area contributed by atoms with Crippen molar-refractivity contribution in [3.8, 4) is 12.1 Å². The highest BCUT2D eigenvalue weighted by molar-refractivity contribution is 8.06. The van der Waals surface area contributed by atoms with Crippen molar-refractivity contribution in [1.82, 2.24) is 0 Å². The Labute approximate surface area is 166 Å². The number of ether oxygens (including phenoxy) is 1. The fourth-order valence-corrected chi connectivity index (χ4v) is 7.57. The summed E-state index contributed by atoms with van der Waals surface area (Å²) in [5.74, 6) is 1.07. The molecule has 3 aliphatic heterocycles. The highest BCUT2D eigenvalue weighted by Gasteiger charge is 2.44. The molecule has 0 aromatic heterocycles. The van der Waals surface area contributed by atoms with E-state index < -0.39 is 0 Å². The molecule has 0 amide bonds. The van der Waals surface area contributed by atoms with E-state index >= 15 is 0 Å². The first-order chi connectivity index (χ1) is 12.7. The molecule has 0 spiro atoms. The molecule has 6 heteroatoms. The van der Waals surface area contributed by atoms with Crippen LogP contribution >= 0.6 is 35.3 Å². The van der Waals surface area contributed by atoms with E-state index in [1.165, 1.54) is 4.90 Å². The second kappa shape index (κ2) is 7.98. The van der Waals surface area contributed by atoms with E-state index in [1.54, 1.807) is 11.8 Å². The normalized spacial score (nSPS) is 26.8. The van der Waals surface area contributed by atoms with E-state index in [1.807, 2.05) is 72.1 Å². The number of thioether (sulfide) groups is 3. The van der Waals surface area contributed by atoms with Crippen LogP contribution in [0.25, 0.3) is 0 Å². The second-order valence-corrected chi connectivity index (χ2v) is 9.90. The van der Waals surface area contributed by atoms with Crippen LogP contribution < -0.4 is 0 Å². The maximum atomic E-state index is 8.95. The molecule has 0 saturated carbocycles. The van der Waals surface area contributed by atoms with Gasteiger partial charge < -0.3 is 4.74 Å². The van der Waals surface area contributed by atoms with Gasteiger partial charge in [0, 0.05) is 20.8 Å². The van der Waals surface area contributed by atoms with Crippen molar-refractivity contribution in [1.29, 1.82) is 10.5 Å². The Morgan fingerprint density at radius 1 is 0.885 bits per heavy atom. The van der Waals surface area contributed by atoms with Crippen LogP contribution in [0.3, 0.4) is 0 Å². The largest absolute Gasteiger partial charge is 0.362 e. The maximum Gasteiger partial charge on any atom is 0.121 e. The Balaban J connectivity index is 1.45. The standard InChI is InChI=1S/C20H16N2OS3/c21-10-13-1-5-16(6-2-13)25-18-9-15-12-24-19(18)20(23-15)26-17-7-3-14(11-22)4-8-17/h1-8,15,18-20H,9,12H2/t15-,18+,19-,20-/m0/s1. The van der Waals surface area contributed by atoms with E-state index in [2.05, 4.69) is 12.1 Å². The Kier molecular flexibility index (Phi) is 5.47. The third-order valence-corrected chi connectivity index (χ3v) is 8.82. The lowest BCUT2D eigenvalue weighted by atomic mass is 10.1. The predicted octanol–water partition coefficient (Wildman–Crippen LogP) is 4.91. The molecule has 0 unspecified atom stereocenters. The van der Waals surface area contributed by atoms with Crippen LogP contribution in [0.4, 0.5) is 0 Å². The molecule has 3 saturated heterocycles. The van der Waals surface area contributed by atoms with Crippen LogP contribution in [0.15, 0.2) is 58.3 Å². The summed E-state index contributed by atoms with van der Waals surface area (Å²) in [7, 11) is 0. The van der Waals surface area contributed by atoms with E-state index in [9.17, 15) is 0 Å². The van der Waals surface area contributed by atoms with Gasteiger partial charge in [0.2, 0.25) is 0 Å². The lowest BCUT2D eigenvalue weighted by molar-refractivity contribution is 0.00912. The molecule has 26 heavy (non-hydrogen) atoms. The van der Waals surface area contributed by atoms with Crippen LogP contribution in [0.5, 0.6) is 0 Å². The predicted molar refractivity (Wildman–Crippen MR) is 107 cm³/mol. The first-order valence-corrected chi connectivity index (χ1v) is 11.2. The zero-order valence-electron chi connectivity index (χ0n) is 13.9. The van der Waals surface area contributed by atoms with Crippen LogP contribution in [0.2, 0.25) is 0 Å². The third kappa shape index (κ3) is 3.89. The van der Waals surface area contributed by atoms with Gasteiger partial charge in [-0.15, -0.1) is 11.8 Å². The van der Waals surface area contributed by atoms with Crippen molar-refractivity contribution in [3.05, 3.63) is 59.7 Å². The van der Waals surface area contributed by atoms with Gasteiger partial charge in [-0.2, -0.15) is 22.3 Å². The van der Waals surface area contributed by atoms with E-state index in [0.29, 0.717) is 27.7 Å². The number of fused-ring (bicyclic) bond motifs is 3. The van der Waals surface area contributed by atoms with Gasteiger partial charge in [0.25, 0.3) is 0 Å². The molecule has 3 nitrogen and oxygen atoms in total. The fourth-order valence-electron chi connectivity index (χ4n) is 3.14. The lowest BCUT2D eigenvalue weighted by Gasteiger charge is -2.46. The summed E-state index contributed by atoms with van der Waals surface area (Å²) in [5, 5.41) is 18.8. The molecule has 2 aromatic carbocycles. The Bertz CT molecular complexity index is 785. The van der Waals surface area contributed by atoms with Crippen LogP contribution in [-0.4, -0.2) is 27.8 Å². The van der Waals surface area contributed by atoms with Gasteiger partial charge >= 0.3 is 0 Å². The summed E-state index contributed by atoms with van der Waals surface area (Å²) >= 11 is 5.67. The number of nitrogens with zero attached hydrogens (tertiary/aromatic N) is 2. The van der Waals surface area contributed by atoms with Crippen molar-refractivity contribution in [3.63, 3.8) is 0 Å². The van der Waals surface area contributed by atoms with Crippen LogP contribution in [-0.2, 0) is 4.74 Å². The minimum atomic E-state index is 0.135. The smallest absolute Gasteiger partial charge is 0.121 e. The number of hydrogen-bond acceptors (Lipinski definition) is 6. The van der Waals surface area contributed by atoms with Gasteiger partial charge in [-0.25, -0.2) is 0 Å². The lowest BCUT2D eigenvalue weighted by Crippen LogP contribution is -2.49. The van der Waals surface area contributed by atoms with Gasteiger partial charge in [0.15, 0.2) is 0 Å². The minimum absolute atomic E-state index is 0.135. The molecule has 0 aliphatic carbocycles. The monoisotopic (exact) mass is 396 g/mol. The minimum Gasteiger partial charge on any atom is -0.362 e. The summed E-state index contributed by atoms with van der Waals surface area (Å²) in [4.78, 5) is 2.36. The SMILES string of the molecule is N#Cc1ccc(S[C@@H]2C[C@H]3CS[C@@H]2[C@H](Sc2ccc(C#N)cc2)O3)cc1. The highest BCUT2D eigenvalue weighted by atomic mass is 32.2. The third-order valence-electron chi connectivity index (χ3n) is 4.44. The van der Waals surface area contributed by atoms with Gasteiger partial charge in [-0.3, -0.25) is 0 Å². The van der Waals surface area contributed by atoms with Gasteiger partial charge in [0.05, 0.1) is 34.6 Å². The molecule has 3 heterocycles. The van der Waals surface area contributed by atoms with E-state index in [0.717, 1.165) is 17.1 Å². The summed E-state index contributed by atoms with van der Waals surface area (Å²) in [6.07, 6.45) is 1.38. The molecule has 3 fully saturated rings. The highest BCUT2D eigenvalue weighted by Crippen LogP contribution is 2.49. The summed E-state index contributed by atoms with van der Waals surface area (Å²) in [5.41, 5.74) is 1.52. The first-order valence-electron chi connectivity index (χ1n) is 8.36. The molecule has 2 bridgehead atoms. The quantitative estimate of drug-likeness (QED) is 0.732. The summed E-state index contributed by atoms with van der Waals surface area (Å²) in [6, 6.07) is 19.9. The van der Waals surface area contributed by atoms with Crippen LogP contribution in [0, 0.1) is 22.7 Å². The van der Waals surface area contributed by atoms with E-state index in [4.69, 9.17) is 15.3 Å². The molecular formula is C20H16N2OS3. The number of hydrogen-bond donors (Lipinski definition) is 0. The van der Waals surface area contributed by atoms with Crippen molar-refractivity contribution < 1.29 is 4.74 Å². The first kappa shape index (κ1) is 17.8. The number of rotatable bonds is 4. The van der Waals surface area contributed by atoms with Gasteiger partial charge in [0.1, 0.15) is 5.44 Å². The van der Waals surface area contributed by atoms with Crippen molar-refractivity contribution >= 4 is 35.3 Å². The second-order valence-electron chi connectivity index (χ2n) is 6.21. The average molecular weight is 397 g/mol. The zero-order chi connectivity index (χ0) is 17.9. The number of nitriles is 2. The molecular weight excluding hydrogens is 380 g/mol. The Morgan fingerprint density at radius 2 is 1.46 bits per heavy atom. The van der Waals surface area contributed by atoms with Crippen molar-refractivity contribution in [2.75, 3.05) is 5.75 Å². The topological polar surface area (TPSA) is 56.8 Å². The molecule has 2 aromatic rings. The Hall–Kier alpha value is -1.57. The number of benzene rings is 2. The molecule has 4 atom stereocenters. The summed E-state index contributed by atoms with van der Waals surface area (Å²) in [6.45, 7) is 0. The van der Waals surface area contributed by atoms with Crippen LogP contribution in [0.1, 0.15) is 17.5 Å². The van der Waals surface area contributed by atoms with Gasteiger partial charge in [-0.05, 0) is 55.0 Å². The summed E-state index contributed by atoms with van der Waals surface area (Å²) < 4.78 is 6.27. The molecule has 130 valence electrons. The van der Waals surface area contributed by atoms with Gasteiger partial charge in [-0.1, -0.05) is 11.8 Å². The van der Waals surface area contributed by atoms with Crippen molar-refractivity contribution in [2.45, 2.75) is 38.3 Å². The zero-order valence-corrected chi connectivity index (χ0v) is 16.3. The van der Waals surface area contributed by atoms with Crippen molar-refractivity contribution in [2.24, 2.45) is 0 Å². The average Bonchev–Trinajstić information content (AvgIpc) is 2.69. The molecule has 0 radical (unpaired) electrons. The molecule has 0 N–H and O–H groups in total. The maximum absolute atomic E-state index is 8.95. The Morgan fingerprint density at radius 3 is 2.00 bits per heavy atom.